The van der Waals surface area contributed by atoms with Crippen molar-refractivity contribution in [1.82, 2.24) is 0 Å². The Morgan fingerprint density at radius 3 is 1.03 bits per heavy atom. The first kappa shape index (κ1) is 58.1. The molecule has 0 aliphatic heterocycles. The minimum absolute atomic E-state index is 0.0838. The molecule has 0 N–H and O–H groups in total. The number of hydrogen-bond acceptors (Lipinski definition) is 6. The molecule has 352 valence electrons. The maximum Gasteiger partial charge on any atom is 0.306 e. The van der Waals surface area contributed by atoms with E-state index in [0.29, 0.717) is 19.3 Å². The van der Waals surface area contributed by atoms with Gasteiger partial charge in [0.05, 0.1) is 0 Å². The highest BCUT2D eigenvalue weighted by Gasteiger charge is 2.19. The van der Waals surface area contributed by atoms with Crippen LogP contribution in [0.25, 0.3) is 0 Å². The molecule has 0 aromatic rings. The van der Waals surface area contributed by atoms with E-state index in [4.69, 9.17) is 14.2 Å². The smallest absolute Gasteiger partial charge is 0.306 e. The van der Waals surface area contributed by atoms with E-state index in [9.17, 15) is 14.4 Å². The zero-order valence-corrected chi connectivity index (χ0v) is 40.2. The zero-order chi connectivity index (χ0) is 44.4. The Hall–Kier alpha value is -2.89. The minimum Gasteiger partial charge on any atom is -0.462 e. The van der Waals surface area contributed by atoms with Gasteiger partial charge in [0, 0.05) is 19.3 Å². The molecule has 0 aromatic heterocycles. The Morgan fingerprint density at radius 2 is 0.639 bits per heavy atom. The van der Waals surface area contributed by atoms with E-state index in [1.165, 1.54) is 89.9 Å². The molecule has 0 radical (unpaired) electrons. The van der Waals surface area contributed by atoms with Crippen molar-refractivity contribution in [3.8, 4) is 0 Å². The van der Waals surface area contributed by atoms with Crippen molar-refractivity contribution >= 4 is 17.9 Å². The van der Waals surface area contributed by atoms with Crippen molar-refractivity contribution in [2.45, 2.75) is 258 Å². The summed E-state index contributed by atoms with van der Waals surface area (Å²) in [5, 5.41) is 0. The van der Waals surface area contributed by atoms with Gasteiger partial charge in [-0.2, -0.15) is 0 Å². The SMILES string of the molecule is CC/C=C/C/C=C/C/C=C/CCCCCCCC(=O)OC[C@@H](COC(=O)CCCCCCCCCCCCCCC)OC(=O)CCCCCCC/C=C/C/C=C/CCCCC. The van der Waals surface area contributed by atoms with Crippen LogP contribution in [-0.4, -0.2) is 37.2 Å². The molecular weight excluding hydrogens is 757 g/mol. The molecule has 6 nitrogen and oxygen atoms in total. The third-order valence-corrected chi connectivity index (χ3v) is 11.0. The fourth-order valence-electron chi connectivity index (χ4n) is 7.13. The Balaban J connectivity index is 4.42. The van der Waals surface area contributed by atoms with Gasteiger partial charge in [-0.1, -0.05) is 210 Å². The van der Waals surface area contributed by atoms with Gasteiger partial charge < -0.3 is 14.2 Å². The van der Waals surface area contributed by atoms with Gasteiger partial charge in [0.2, 0.25) is 0 Å². The van der Waals surface area contributed by atoms with Crippen molar-refractivity contribution in [3.05, 3.63) is 60.8 Å². The molecule has 0 rings (SSSR count). The van der Waals surface area contributed by atoms with Gasteiger partial charge in [0.15, 0.2) is 6.10 Å². The lowest BCUT2D eigenvalue weighted by Gasteiger charge is -2.18. The molecule has 0 spiro atoms. The summed E-state index contributed by atoms with van der Waals surface area (Å²) in [6.07, 6.45) is 60.5. The fourth-order valence-corrected chi connectivity index (χ4v) is 7.13. The molecule has 0 aliphatic carbocycles. The molecule has 0 bridgehead atoms. The Labute approximate surface area is 377 Å². The quantitative estimate of drug-likeness (QED) is 0.0263. The number of carbonyl (C=O) groups is 3. The van der Waals surface area contributed by atoms with Crippen LogP contribution in [0.4, 0.5) is 0 Å². The summed E-state index contributed by atoms with van der Waals surface area (Å²) in [4.78, 5) is 38.0. The van der Waals surface area contributed by atoms with E-state index >= 15 is 0 Å². The number of unbranched alkanes of at least 4 members (excludes halogenated alkanes) is 25. The van der Waals surface area contributed by atoms with E-state index in [1.54, 1.807) is 0 Å². The third kappa shape index (κ3) is 48.0. The topological polar surface area (TPSA) is 78.9 Å². The second kappa shape index (κ2) is 49.8. The monoisotopic (exact) mass is 853 g/mol. The number of rotatable bonds is 46. The maximum atomic E-state index is 12.8. The normalized spacial score (nSPS) is 12.5. The molecule has 0 saturated carbocycles. The van der Waals surface area contributed by atoms with Gasteiger partial charge in [-0.25, -0.2) is 0 Å². The Bertz CT molecular complexity index is 1120. The third-order valence-electron chi connectivity index (χ3n) is 11.0. The van der Waals surface area contributed by atoms with Crippen LogP contribution in [0.5, 0.6) is 0 Å². The largest absolute Gasteiger partial charge is 0.462 e. The first-order chi connectivity index (χ1) is 30.0. The lowest BCUT2D eigenvalue weighted by Crippen LogP contribution is -2.30. The van der Waals surface area contributed by atoms with Crippen LogP contribution in [0.3, 0.4) is 0 Å². The highest BCUT2D eigenvalue weighted by molar-refractivity contribution is 5.71. The molecule has 0 unspecified atom stereocenters. The second-order valence-electron chi connectivity index (χ2n) is 17.1. The van der Waals surface area contributed by atoms with Crippen molar-refractivity contribution in [3.63, 3.8) is 0 Å². The highest BCUT2D eigenvalue weighted by atomic mass is 16.6. The van der Waals surface area contributed by atoms with Crippen LogP contribution in [-0.2, 0) is 28.6 Å². The van der Waals surface area contributed by atoms with E-state index in [-0.39, 0.29) is 31.1 Å². The van der Waals surface area contributed by atoms with E-state index in [0.717, 1.165) is 122 Å². The molecular formula is C55H96O6. The van der Waals surface area contributed by atoms with Crippen molar-refractivity contribution in [2.24, 2.45) is 0 Å². The average Bonchev–Trinajstić information content (AvgIpc) is 3.26. The lowest BCUT2D eigenvalue weighted by molar-refractivity contribution is -0.167. The summed E-state index contributed by atoms with van der Waals surface area (Å²) in [6, 6.07) is 0. The van der Waals surface area contributed by atoms with Crippen LogP contribution in [0.2, 0.25) is 0 Å². The molecule has 6 heteroatoms. The number of ether oxygens (including phenoxy) is 3. The lowest BCUT2D eigenvalue weighted by atomic mass is 10.0. The van der Waals surface area contributed by atoms with Gasteiger partial charge in [0.1, 0.15) is 13.2 Å². The number of carbonyl (C=O) groups excluding carboxylic acids is 3. The van der Waals surface area contributed by atoms with Crippen LogP contribution in [0, 0.1) is 0 Å². The second-order valence-corrected chi connectivity index (χ2v) is 17.1. The maximum absolute atomic E-state index is 12.8. The molecule has 61 heavy (non-hydrogen) atoms. The molecule has 0 saturated heterocycles. The summed E-state index contributed by atoms with van der Waals surface area (Å²) in [5.41, 5.74) is 0. The molecule has 0 amide bonds. The van der Waals surface area contributed by atoms with Gasteiger partial charge in [0.25, 0.3) is 0 Å². The van der Waals surface area contributed by atoms with Crippen LogP contribution < -0.4 is 0 Å². The summed E-state index contributed by atoms with van der Waals surface area (Å²) in [6.45, 7) is 6.48. The van der Waals surface area contributed by atoms with Crippen molar-refractivity contribution in [1.29, 1.82) is 0 Å². The summed E-state index contributed by atoms with van der Waals surface area (Å²) >= 11 is 0. The molecule has 0 heterocycles. The van der Waals surface area contributed by atoms with Crippen molar-refractivity contribution in [2.75, 3.05) is 13.2 Å². The number of esters is 3. The number of allylic oxidation sites excluding steroid dienone is 10. The van der Waals surface area contributed by atoms with E-state index < -0.39 is 6.10 Å². The van der Waals surface area contributed by atoms with Gasteiger partial charge >= 0.3 is 17.9 Å². The summed E-state index contributed by atoms with van der Waals surface area (Å²) in [5.74, 6) is -0.911. The molecule has 0 aliphatic rings. The predicted molar refractivity (Wildman–Crippen MR) is 261 cm³/mol. The van der Waals surface area contributed by atoms with E-state index in [2.05, 4.69) is 81.5 Å². The highest BCUT2D eigenvalue weighted by Crippen LogP contribution is 2.15. The summed E-state index contributed by atoms with van der Waals surface area (Å²) in [7, 11) is 0. The molecule has 0 fully saturated rings. The first-order valence-electron chi connectivity index (χ1n) is 25.8. The Kier molecular flexibility index (Phi) is 47.4. The predicted octanol–water partition coefficient (Wildman–Crippen LogP) is 16.9. The zero-order valence-electron chi connectivity index (χ0n) is 40.2. The minimum atomic E-state index is -0.786. The summed E-state index contributed by atoms with van der Waals surface area (Å²) < 4.78 is 16.8. The van der Waals surface area contributed by atoms with Crippen LogP contribution in [0.1, 0.15) is 252 Å². The first-order valence-corrected chi connectivity index (χ1v) is 25.8. The van der Waals surface area contributed by atoms with Crippen LogP contribution >= 0.6 is 0 Å². The Morgan fingerprint density at radius 1 is 0.344 bits per heavy atom. The number of hydrogen-bond donors (Lipinski definition) is 0. The van der Waals surface area contributed by atoms with E-state index in [1.807, 2.05) is 0 Å². The average molecular weight is 853 g/mol. The van der Waals surface area contributed by atoms with Crippen molar-refractivity contribution < 1.29 is 28.6 Å². The standard InChI is InChI=1S/C55H96O6/c1-4-7-10-13-16-19-22-25-27-30-33-36-39-42-45-48-54(57)60-51-52(50-59-53(56)47-44-41-38-35-32-29-24-21-18-15-12-9-6-3)61-55(58)49-46-43-40-37-34-31-28-26-23-20-17-14-11-8-5-2/h7,10,16-17,19-20,25-28,52H,4-6,8-9,11-15,18,21-24,29-51H2,1-3H3/b10-7+,19-16+,20-17+,27-25+,28-26+/t52-/m1/s1. The van der Waals surface area contributed by atoms with Gasteiger partial charge in [-0.15, -0.1) is 0 Å². The van der Waals surface area contributed by atoms with Gasteiger partial charge in [-0.3, -0.25) is 14.4 Å². The molecule has 1 atom stereocenters. The van der Waals surface area contributed by atoms with Gasteiger partial charge in [-0.05, 0) is 83.5 Å². The molecule has 0 aromatic carbocycles. The van der Waals surface area contributed by atoms with Crippen LogP contribution in [0.15, 0.2) is 60.8 Å². The fraction of sp³-hybridized carbons (Fsp3) is 0.764.